The number of hydrogen-bond donors (Lipinski definition) is 0. The van der Waals surface area contributed by atoms with E-state index in [2.05, 4.69) is 26.1 Å². The lowest BCUT2D eigenvalue weighted by atomic mass is 10.2. The van der Waals surface area contributed by atoms with Crippen LogP contribution < -0.4 is 4.90 Å². The Hall–Kier alpha value is -2.58. The van der Waals surface area contributed by atoms with Gasteiger partial charge in [0, 0.05) is 61.7 Å². The van der Waals surface area contributed by atoms with E-state index < -0.39 is 0 Å². The molecule has 0 unspecified atom stereocenters. The van der Waals surface area contributed by atoms with Gasteiger partial charge in [-0.05, 0) is 30.3 Å². The smallest absolute Gasteiger partial charge is 0.233 e. The molecule has 1 amide bonds. The summed E-state index contributed by atoms with van der Waals surface area (Å²) in [7, 11) is 0. The molecule has 4 rings (SSSR count). The average Bonchev–Trinajstić information content (AvgIpc) is 3.24. The van der Waals surface area contributed by atoms with Gasteiger partial charge >= 0.3 is 0 Å². The summed E-state index contributed by atoms with van der Waals surface area (Å²) in [5, 5.41) is 9.67. The number of rotatable bonds is 7. The fourth-order valence-electron chi connectivity index (χ4n) is 3.39. The van der Waals surface area contributed by atoms with Gasteiger partial charge in [0.1, 0.15) is 6.33 Å². The van der Waals surface area contributed by atoms with Crippen molar-refractivity contribution in [1.82, 2.24) is 24.6 Å². The van der Waals surface area contributed by atoms with E-state index in [-0.39, 0.29) is 5.91 Å². The van der Waals surface area contributed by atoms with Crippen LogP contribution in [0.2, 0.25) is 5.02 Å². The lowest BCUT2D eigenvalue weighted by molar-refractivity contribution is -0.128. The number of amides is 1. The molecule has 1 aliphatic heterocycles. The minimum absolute atomic E-state index is 0.130. The van der Waals surface area contributed by atoms with Crippen LogP contribution in [0.5, 0.6) is 0 Å². The molecule has 7 nitrogen and oxygen atoms in total. The molecular formula is C21H23ClN6OS. The topological polar surface area (TPSA) is 67.2 Å². The van der Waals surface area contributed by atoms with Crippen molar-refractivity contribution in [2.75, 3.05) is 36.8 Å². The molecule has 1 aliphatic rings. The molecule has 0 spiro atoms. The second-order valence-corrected chi connectivity index (χ2v) is 8.39. The fourth-order valence-corrected chi connectivity index (χ4v) is 4.42. The first-order valence-corrected chi connectivity index (χ1v) is 11.2. The Morgan fingerprint density at radius 3 is 2.73 bits per heavy atom. The molecule has 0 bridgehead atoms. The predicted molar refractivity (Wildman–Crippen MR) is 119 cm³/mol. The van der Waals surface area contributed by atoms with E-state index in [1.165, 1.54) is 11.8 Å². The normalized spacial score (nSPS) is 14.2. The van der Waals surface area contributed by atoms with Gasteiger partial charge in [0.05, 0.1) is 5.75 Å². The lowest BCUT2D eigenvalue weighted by Crippen LogP contribution is -2.49. The lowest BCUT2D eigenvalue weighted by Gasteiger charge is -2.36. The number of aryl methyl sites for hydroxylation is 2. The molecule has 1 saturated heterocycles. The van der Waals surface area contributed by atoms with Crippen molar-refractivity contribution in [3.8, 4) is 0 Å². The quantitative estimate of drug-likeness (QED) is 0.524. The molecule has 0 N–H and O–H groups in total. The monoisotopic (exact) mass is 442 g/mol. The third-order valence-corrected chi connectivity index (χ3v) is 6.25. The van der Waals surface area contributed by atoms with Crippen molar-refractivity contribution in [1.29, 1.82) is 0 Å². The highest BCUT2D eigenvalue weighted by atomic mass is 35.5. The number of nitrogens with zero attached hydrogens (tertiary/aromatic N) is 6. The second-order valence-electron chi connectivity index (χ2n) is 7.01. The van der Waals surface area contributed by atoms with Crippen molar-refractivity contribution in [2.24, 2.45) is 0 Å². The van der Waals surface area contributed by atoms with Crippen LogP contribution in [0.3, 0.4) is 0 Å². The third-order valence-electron chi connectivity index (χ3n) is 5.05. The Morgan fingerprint density at radius 2 is 1.97 bits per heavy atom. The summed E-state index contributed by atoms with van der Waals surface area (Å²) in [6.45, 7) is 3.75. The number of thioether (sulfide) groups is 1. The van der Waals surface area contributed by atoms with E-state index >= 15 is 0 Å². The summed E-state index contributed by atoms with van der Waals surface area (Å²) < 4.78 is 1.98. The number of carbonyl (C=O) groups is 1. The SMILES string of the molecule is O=C(CSc1nncn1CCc1ccccn1)N1CCN(c2cccc(Cl)c2)CC1. The molecule has 0 aliphatic carbocycles. The predicted octanol–water partition coefficient (Wildman–Crippen LogP) is 3.01. The first-order valence-electron chi connectivity index (χ1n) is 9.88. The molecular weight excluding hydrogens is 420 g/mol. The van der Waals surface area contributed by atoms with Crippen molar-refractivity contribution in [3.63, 3.8) is 0 Å². The molecule has 3 aromatic rings. The highest BCUT2D eigenvalue weighted by Gasteiger charge is 2.22. The van der Waals surface area contributed by atoms with Crippen LogP contribution in [0.15, 0.2) is 60.1 Å². The van der Waals surface area contributed by atoms with Gasteiger partial charge in [-0.3, -0.25) is 9.78 Å². The van der Waals surface area contributed by atoms with Crippen LogP contribution in [-0.4, -0.2) is 62.5 Å². The largest absolute Gasteiger partial charge is 0.368 e. The van der Waals surface area contributed by atoms with Gasteiger partial charge in [0.2, 0.25) is 5.91 Å². The summed E-state index contributed by atoms with van der Waals surface area (Å²) in [6, 6.07) is 13.7. The average molecular weight is 443 g/mol. The maximum absolute atomic E-state index is 12.7. The zero-order chi connectivity index (χ0) is 20.8. The molecule has 1 fully saturated rings. The number of anilines is 1. The number of aromatic nitrogens is 4. The van der Waals surface area contributed by atoms with Gasteiger partial charge in [-0.2, -0.15) is 0 Å². The molecule has 0 radical (unpaired) electrons. The molecule has 3 heterocycles. The maximum atomic E-state index is 12.7. The zero-order valence-corrected chi connectivity index (χ0v) is 18.1. The number of pyridine rings is 1. The van der Waals surface area contributed by atoms with Crippen molar-refractivity contribution < 1.29 is 4.79 Å². The second kappa shape index (κ2) is 9.95. The minimum Gasteiger partial charge on any atom is -0.368 e. The standard InChI is InChI=1S/C21H23ClN6OS/c22-17-4-3-6-19(14-17)26-10-12-27(13-11-26)20(29)15-30-21-25-24-16-28(21)9-7-18-5-1-2-8-23-18/h1-6,8,14,16H,7,9-13,15H2. The van der Waals surface area contributed by atoms with E-state index in [0.717, 1.165) is 47.6 Å². The van der Waals surface area contributed by atoms with Crippen molar-refractivity contribution in [2.45, 2.75) is 18.1 Å². The summed E-state index contributed by atoms with van der Waals surface area (Å²) >= 11 is 7.53. The molecule has 0 atom stereocenters. The maximum Gasteiger partial charge on any atom is 0.233 e. The zero-order valence-electron chi connectivity index (χ0n) is 16.5. The van der Waals surface area contributed by atoms with Gasteiger partial charge < -0.3 is 14.4 Å². The summed E-state index contributed by atoms with van der Waals surface area (Å²) in [6.07, 6.45) is 4.30. The number of carbonyl (C=O) groups excluding carboxylic acids is 1. The highest BCUT2D eigenvalue weighted by Crippen LogP contribution is 2.21. The number of hydrogen-bond acceptors (Lipinski definition) is 6. The van der Waals surface area contributed by atoms with Crippen molar-refractivity contribution in [3.05, 3.63) is 65.7 Å². The summed E-state index contributed by atoms with van der Waals surface area (Å²) in [5.74, 6) is 0.490. The molecule has 9 heteroatoms. The van der Waals surface area contributed by atoms with Crippen molar-refractivity contribution >= 4 is 35.0 Å². The molecule has 156 valence electrons. The Balaban J connectivity index is 1.25. The third kappa shape index (κ3) is 5.31. The van der Waals surface area contributed by atoms with E-state index in [9.17, 15) is 4.79 Å². The summed E-state index contributed by atoms with van der Waals surface area (Å²) in [5.41, 5.74) is 2.13. The van der Waals surface area contributed by atoms with E-state index in [4.69, 9.17) is 11.6 Å². The van der Waals surface area contributed by atoms with Crippen LogP contribution >= 0.6 is 23.4 Å². The van der Waals surface area contributed by atoms with Crippen LogP contribution in [-0.2, 0) is 17.8 Å². The van der Waals surface area contributed by atoms with Crippen LogP contribution in [0, 0.1) is 0 Å². The van der Waals surface area contributed by atoms with Gasteiger partial charge in [0.15, 0.2) is 5.16 Å². The Labute approximate surface area is 185 Å². The Bertz CT molecular complexity index is 974. The molecule has 30 heavy (non-hydrogen) atoms. The number of piperazine rings is 1. The van der Waals surface area contributed by atoms with E-state index in [1.54, 1.807) is 12.5 Å². The number of halogens is 1. The number of benzene rings is 1. The molecule has 2 aromatic heterocycles. The minimum atomic E-state index is 0.130. The molecule has 0 saturated carbocycles. The van der Waals surface area contributed by atoms with E-state index in [0.29, 0.717) is 18.8 Å². The molecule has 1 aromatic carbocycles. The summed E-state index contributed by atoms with van der Waals surface area (Å²) in [4.78, 5) is 21.2. The first kappa shape index (κ1) is 20.7. The van der Waals surface area contributed by atoms with E-state index in [1.807, 2.05) is 45.9 Å². The Morgan fingerprint density at radius 1 is 1.10 bits per heavy atom. The fraction of sp³-hybridized carbons (Fsp3) is 0.333. The Kier molecular flexibility index (Phi) is 6.86. The van der Waals surface area contributed by atoms with Crippen LogP contribution in [0.1, 0.15) is 5.69 Å². The van der Waals surface area contributed by atoms with Gasteiger partial charge in [-0.1, -0.05) is 35.5 Å². The van der Waals surface area contributed by atoms with Crippen LogP contribution in [0.25, 0.3) is 0 Å². The van der Waals surface area contributed by atoms with Gasteiger partial charge in [-0.15, -0.1) is 10.2 Å². The van der Waals surface area contributed by atoms with Crippen LogP contribution in [0.4, 0.5) is 5.69 Å². The van der Waals surface area contributed by atoms with Gasteiger partial charge in [0.25, 0.3) is 0 Å². The highest BCUT2D eigenvalue weighted by molar-refractivity contribution is 7.99. The first-order chi connectivity index (χ1) is 14.7. The van der Waals surface area contributed by atoms with Gasteiger partial charge in [-0.25, -0.2) is 0 Å².